The lowest BCUT2D eigenvalue weighted by molar-refractivity contribution is -0.133. The van der Waals surface area contributed by atoms with Gasteiger partial charge in [-0.25, -0.2) is 9.48 Å². The molecule has 0 radical (unpaired) electrons. The molecule has 8 heteroatoms. The van der Waals surface area contributed by atoms with Gasteiger partial charge in [0.1, 0.15) is 12.4 Å². The molecule has 0 atom stereocenters. The zero-order valence-electron chi connectivity index (χ0n) is 17.6. The molecule has 0 spiro atoms. The van der Waals surface area contributed by atoms with E-state index in [4.69, 9.17) is 0 Å². The van der Waals surface area contributed by atoms with Gasteiger partial charge in [0.15, 0.2) is 0 Å². The summed E-state index contributed by atoms with van der Waals surface area (Å²) in [7, 11) is 1.70. The van der Waals surface area contributed by atoms with Crippen molar-refractivity contribution in [3.63, 3.8) is 0 Å². The van der Waals surface area contributed by atoms with E-state index in [-0.39, 0.29) is 35.9 Å². The summed E-state index contributed by atoms with van der Waals surface area (Å²) < 4.78 is 2.76. The standard InChI is InChI=1S/C22H29N5O3/c1-3-15-4-8-18(9-5-15)23-19(28)14-27-22(30)25(2)20(24-27)16-10-12-26(13-11-16)21(29)17-6-7-17/h4-5,8-9,16-17H,3,6-7,10-14H2,1-2H3,(H,23,28). The van der Waals surface area contributed by atoms with Gasteiger partial charge in [-0.15, -0.1) is 0 Å². The number of piperidine rings is 1. The number of likely N-dealkylation sites (tertiary alicyclic amines) is 1. The van der Waals surface area contributed by atoms with E-state index in [1.165, 1.54) is 14.8 Å². The Morgan fingerprint density at radius 2 is 1.77 bits per heavy atom. The van der Waals surface area contributed by atoms with Crippen LogP contribution in [0.4, 0.5) is 5.69 Å². The van der Waals surface area contributed by atoms with E-state index in [0.717, 1.165) is 32.1 Å². The van der Waals surface area contributed by atoms with Crippen LogP contribution in [0.25, 0.3) is 0 Å². The number of rotatable bonds is 6. The lowest BCUT2D eigenvalue weighted by Gasteiger charge is -2.31. The van der Waals surface area contributed by atoms with Crippen LogP contribution in [0.2, 0.25) is 0 Å². The SMILES string of the molecule is CCc1ccc(NC(=O)Cn2nc(C3CCN(C(=O)C4CC4)CC3)n(C)c2=O)cc1. The maximum atomic E-state index is 12.6. The molecule has 2 fully saturated rings. The van der Waals surface area contributed by atoms with Crippen molar-refractivity contribution in [3.05, 3.63) is 46.1 Å². The summed E-state index contributed by atoms with van der Waals surface area (Å²) in [6.07, 6.45) is 4.55. The van der Waals surface area contributed by atoms with E-state index in [1.807, 2.05) is 29.2 Å². The first-order valence-corrected chi connectivity index (χ1v) is 10.8. The highest BCUT2D eigenvalue weighted by molar-refractivity contribution is 5.90. The first kappa shape index (κ1) is 20.4. The zero-order valence-corrected chi connectivity index (χ0v) is 17.6. The molecule has 1 aromatic carbocycles. The molecule has 1 aromatic heterocycles. The highest BCUT2D eigenvalue weighted by Gasteiger charge is 2.36. The zero-order chi connectivity index (χ0) is 21.3. The van der Waals surface area contributed by atoms with Gasteiger partial charge in [0.25, 0.3) is 0 Å². The van der Waals surface area contributed by atoms with Crippen LogP contribution in [0.3, 0.4) is 0 Å². The highest BCUT2D eigenvalue weighted by atomic mass is 16.2. The molecule has 1 aliphatic heterocycles. The van der Waals surface area contributed by atoms with Crippen LogP contribution in [0.1, 0.15) is 49.9 Å². The monoisotopic (exact) mass is 411 g/mol. The summed E-state index contributed by atoms with van der Waals surface area (Å²) in [5.41, 5.74) is 1.61. The predicted molar refractivity (Wildman–Crippen MR) is 113 cm³/mol. The second kappa shape index (κ2) is 8.45. The molecule has 2 amide bonds. The average Bonchev–Trinajstić information content (AvgIpc) is 3.57. The minimum atomic E-state index is -0.294. The smallest absolute Gasteiger partial charge is 0.342 e. The molecule has 8 nitrogen and oxygen atoms in total. The third-order valence-electron chi connectivity index (χ3n) is 6.11. The molecule has 2 aromatic rings. The summed E-state index contributed by atoms with van der Waals surface area (Å²) in [4.78, 5) is 39.2. The van der Waals surface area contributed by atoms with E-state index in [9.17, 15) is 14.4 Å². The van der Waals surface area contributed by atoms with Crippen LogP contribution in [0.5, 0.6) is 0 Å². The molecular weight excluding hydrogens is 382 g/mol. The Morgan fingerprint density at radius 3 is 2.37 bits per heavy atom. The summed E-state index contributed by atoms with van der Waals surface area (Å²) in [6, 6.07) is 7.67. The van der Waals surface area contributed by atoms with E-state index in [0.29, 0.717) is 24.6 Å². The number of aryl methyl sites for hydroxylation is 1. The number of aromatic nitrogens is 3. The summed E-state index contributed by atoms with van der Waals surface area (Å²) in [5.74, 6) is 1.05. The molecule has 1 saturated heterocycles. The summed E-state index contributed by atoms with van der Waals surface area (Å²) in [5, 5.41) is 7.28. The van der Waals surface area contributed by atoms with Crippen molar-refractivity contribution in [2.45, 2.75) is 51.5 Å². The Labute approximate surface area is 175 Å². The molecule has 160 valence electrons. The number of nitrogens with zero attached hydrogens (tertiary/aromatic N) is 4. The number of benzene rings is 1. The van der Waals surface area contributed by atoms with Gasteiger partial charge in [-0.05, 0) is 49.8 Å². The predicted octanol–water partition coefficient (Wildman–Crippen LogP) is 1.90. The van der Waals surface area contributed by atoms with Crippen molar-refractivity contribution >= 4 is 17.5 Å². The number of nitrogens with one attached hydrogen (secondary N) is 1. The van der Waals surface area contributed by atoms with Crippen molar-refractivity contribution in [2.75, 3.05) is 18.4 Å². The minimum Gasteiger partial charge on any atom is -0.342 e. The van der Waals surface area contributed by atoms with Crippen molar-refractivity contribution in [3.8, 4) is 0 Å². The number of anilines is 1. The maximum Gasteiger partial charge on any atom is 0.346 e. The second-order valence-electron chi connectivity index (χ2n) is 8.33. The molecule has 1 aliphatic carbocycles. The lowest BCUT2D eigenvalue weighted by Crippen LogP contribution is -2.39. The number of carbonyl (C=O) groups is 2. The highest BCUT2D eigenvalue weighted by Crippen LogP contribution is 2.33. The normalized spacial score (nSPS) is 17.2. The Morgan fingerprint density at radius 1 is 1.10 bits per heavy atom. The van der Waals surface area contributed by atoms with E-state index in [2.05, 4.69) is 17.3 Å². The third-order valence-corrected chi connectivity index (χ3v) is 6.11. The molecule has 1 N–H and O–H groups in total. The third kappa shape index (κ3) is 4.32. The molecule has 0 unspecified atom stereocenters. The van der Waals surface area contributed by atoms with E-state index in [1.54, 1.807) is 7.05 Å². The summed E-state index contributed by atoms with van der Waals surface area (Å²) >= 11 is 0. The molecule has 30 heavy (non-hydrogen) atoms. The Hall–Kier alpha value is -2.90. The fourth-order valence-corrected chi connectivity index (χ4v) is 4.07. The molecule has 1 saturated carbocycles. The van der Waals surface area contributed by atoms with Gasteiger partial charge >= 0.3 is 5.69 Å². The number of carbonyl (C=O) groups excluding carboxylic acids is 2. The van der Waals surface area contributed by atoms with Gasteiger partial charge in [0.05, 0.1) is 0 Å². The average molecular weight is 412 g/mol. The van der Waals surface area contributed by atoms with Gasteiger partial charge < -0.3 is 10.2 Å². The topological polar surface area (TPSA) is 89.2 Å². The van der Waals surface area contributed by atoms with Crippen LogP contribution in [-0.2, 0) is 29.6 Å². The van der Waals surface area contributed by atoms with E-state index < -0.39 is 0 Å². The van der Waals surface area contributed by atoms with Gasteiger partial charge in [-0.2, -0.15) is 5.10 Å². The van der Waals surface area contributed by atoms with Crippen LogP contribution in [0.15, 0.2) is 29.1 Å². The van der Waals surface area contributed by atoms with E-state index >= 15 is 0 Å². The number of amides is 2. The number of hydrogen-bond acceptors (Lipinski definition) is 4. The van der Waals surface area contributed by atoms with Crippen LogP contribution < -0.4 is 11.0 Å². The Bertz CT molecular complexity index is 979. The van der Waals surface area contributed by atoms with Gasteiger partial charge in [-0.3, -0.25) is 14.2 Å². The summed E-state index contributed by atoms with van der Waals surface area (Å²) in [6.45, 7) is 3.36. The molecule has 2 aliphatic rings. The van der Waals surface area contributed by atoms with Gasteiger partial charge in [0.2, 0.25) is 11.8 Å². The molecule has 4 rings (SSSR count). The number of hydrogen-bond donors (Lipinski definition) is 1. The van der Waals surface area contributed by atoms with Crippen LogP contribution in [-0.4, -0.2) is 44.2 Å². The Kier molecular flexibility index (Phi) is 5.74. The Balaban J connectivity index is 1.38. The van der Waals surface area contributed by atoms with Crippen molar-refractivity contribution in [2.24, 2.45) is 13.0 Å². The molecular formula is C22H29N5O3. The molecule has 0 bridgehead atoms. The van der Waals surface area contributed by atoms with Crippen molar-refractivity contribution < 1.29 is 9.59 Å². The maximum absolute atomic E-state index is 12.6. The quantitative estimate of drug-likeness (QED) is 0.786. The van der Waals surface area contributed by atoms with Gasteiger partial charge in [0, 0.05) is 37.7 Å². The fraction of sp³-hybridized carbons (Fsp3) is 0.545. The van der Waals surface area contributed by atoms with Crippen molar-refractivity contribution in [1.29, 1.82) is 0 Å². The largest absolute Gasteiger partial charge is 0.346 e. The van der Waals surface area contributed by atoms with Gasteiger partial charge in [-0.1, -0.05) is 19.1 Å². The molecule has 2 heterocycles. The van der Waals surface area contributed by atoms with Crippen molar-refractivity contribution in [1.82, 2.24) is 19.2 Å². The fourth-order valence-electron chi connectivity index (χ4n) is 4.07. The minimum absolute atomic E-state index is 0.122. The lowest BCUT2D eigenvalue weighted by atomic mass is 9.95. The first-order valence-electron chi connectivity index (χ1n) is 10.8. The second-order valence-corrected chi connectivity index (χ2v) is 8.33. The van der Waals surface area contributed by atoms with Crippen LogP contribution >= 0.6 is 0 Å². The first-order chi connectivity index (χ1) is 14.5. The van der Waals surface area contributed by atoms with Crippen LogP contribution in [0, 0.1) is 5.92 Å².